The second kappa shape index (κ2) is 7.60. The van der Waals surface area contributed by atoms with Crippen molar-refractivity contribution in [1.82, 2.24) is 4.90 Å². The van der Waals surface area contributed by atoms with E-state index in [-0.39, 0.29) is 5.91 Å². The Kier molecular flexibility index (Phi) is 5.26. The van der Waals surface area contributed by atoms with E-state index in [4.69, 9.17) is 9.84 Å². The molecule has 1 amide bonds. The number of carboxylic acid groups (broad SMARTS) is 1. The van der Waals surface area contributed by atoms with Gasteiger partial charge in [0.2, 0.25) is 0 Å². The van der Waals surface area contributed by atoms with Crippen LogP contribution in [0.5, 0.6) is 5.75 Å². The maximum Gasteiger partial charge on any atom is 0.335 e. The monoisotopic (exact) mass is 353 g/mol. The van der Waals surface area contributed by atoms with E-state index < -0.39 is 5.97 Å². The van der Waals surface area contributed by atoms with Gasteiger partial charge in [-0.2, -0.15) is 0 Å². The van der Waals surface area contributed by atoms with Gasteiger partial charge in [-0.15, -0.1) is 0 Å². The molecule has 1 fully saturated rings. The van der Waals surface area contributed by atoms with Crippen LogP contribution in [0.15, 0.2) is 42.5 Å². The van der Waals surface area contributed by atoms with E-state index in [0.717, 1.165) is 48.4 Å². The second-order valence-corrected chi connectivity index (χ2v) is 6.79. The lowest BCUT2D eigenvalue weighted by Gasteiger charge is -2.18. The molecule has 5 nitrogen and oxygen atoms in total. The summed E-state index contributed by atoms with van der Waals surface area (Å²) in [5, 5.41) is 8.97. The molecule has 1 heterocycles. The number of likely N-dealkylation sites (tertiary alicyclic amines) is 1. The third kappa shape index (κ3) is 3.87. The standard InChI is InChI=1S/C21H23NO4/c1-14-11-18(26-2)7-8-19(14)20(23)22-10-9-16(13-22)12-15-3-5-17(6-4-15)21(24)25/h3-8,11,16H,9-10,12-13H2,1-2H3,(H,24,25)/t16-/m0/s1. The Morgan fingerprint density at radius 1 is 1.19 bits per heavy atom. The molecule has 0 aliphatic carbocycles. The van der Waals surface area contributed by atoms with E-state index in [1.54, 1.807) is 19.2 Å². The number of aromatic carboxylic acids is 1. The van der Waals surface area contributed by atoms with Crippen molar-refractivity contribution >= 4 is 11.9 Å². The molecule has 3 rings (SSSR count). The first kappa shape index (κ1) is 18.0. The van der Waals surface area contributed by atoms with Gasteiger partial charge < -0.3 is 14.7 Å². The van der Waals surface area contributed by atoms with Crippen molar-refractivity contribution in [2.45, 2.75) is 19.8 Å². The van der Waals surface area contributed by atoms with Crippen LogP contribution in [0.1, 0.15) is 38.3 Å². The number of hydrogen-bond acceptors (Lipinski definition) is 3. The van der Waals surface area contributed by atoms with E-state index in [1.807, 2.05) is 42.2 Å². The number of carboxylic acids is 1. The fourth-order valence-corrected chi connectivity index (χ4v) is 3.47. The van der Waals surface area contributed by atoms with Gasteiger partial charge in [-0.1, -0.05) is 12.1 Å². The first-order valence-corrected chi connectivity index (χ1v) is 8.74. The quantitative estimate of drug-likeness (QED) is 0.894. The molecular formula is C21H23NO4. The van der Waals surface area contributed by atoms with E-state index in [0.29, 0.717) is 11.5 Å². The highest BCUT2D eigenvalue weighted by molar-refractivity contribution is 5.96. The summed E-state index contributed by atoms with van der Waals surface area (Å²) in [7, 11) is 1.62. The maximum atomic E-state index is 12.8. The average molecular weight is 353 g/mol. The zero-order valence-electron chi connectivity index (χ0n) is 15.1. The molecule has 0 saturated carbocycles. The summed E-state index contributed by atoms with van der Waals surface area (Å²) < 4.78 is 5.20. The van der Waals surface area contributed by atoms with Crippen LogP contribution in [-0.2, 0) is 6.42 Å². The Balaban J connectivity index is 1.63. The van der Waals surface area contributed by atoms with Crippen molar-refractivity contribution in [3.8, 4) is 5.75 Å². The number of methoxy groups -OCH3 is 1. The van der Waals surface area contributed by atoms with Crippen molar-refractivity contribution in [3.63, 3.8) is 0 Å². The Hall–Kier alpha value is -2.82. The number of amides is 1. The number of benzene rings is 2. The molecule has 1 N–H and O–H groups in total. The maximum absolute atomic E-state index is 12.8. The second-order valence-electron chi connectivity index (χ2n) is 6.79. The van der Waals surface area contributed by atoms with Crippen molar-refractivity contribution in [1.29, 1.82) is 0 Å². The Bertz CT molecular complexity index is 813. The van der Waals surface area contributed by atoms with E-state index in [9.17, 15) is 9.59 Å². The van der Waals surface area contributed by atoms with Crippen molar-refractivity contribution < 1.29 is 19.4 Å². The summed E-state index contributed by atoms with van der Waals surface area (Å²) in [6.07, 6.45) is 1.81. The molecule has 0 spiro atoms. The summed E-state index contributed by atoms with van der Waals surface area (Å²) in [5.74, 6) is 0.300. The predicted molar refractivity (Wildman–Crippen MR) is 98.8 cm³/mol. The van der Waals surface area contributed by atoms with Gasteiger partial charge in [0.05, 0.1) is 12.7 Å². The molecule has 2 aromatic carbocycles. The molecule has 1 aliphatic heterocycles. The number of ether oxygens (including phenoxy) is 1. The molecule has 26 heavy (non-hydrogen) atoms. The zero-order chi connectivity index (χ0) is 18.7. The topological polar surface area (TPSA) is 66.8 Å². The minimum atomic E-state index is -0.913. The Morgan fingerprint density at radius 3 is 2.54 bits per heavy atom. The molecule has 0 bridgehead atoms. The van der Waals surface area contributed by atoms with E-state index >= 15 is 0 Å². The van der Waals surface area contributed by atoms with E-state index in [2.05, 4.69) is 0 Å². The van der Waals surface area contributed by atoms with Crippen LogP contribution in [0.3, 0.4) is 0 Å². The zero-order valence-corrected chi connectivity index (χ0v) is 15.1. The summed E-state index contributed by atoms with van der Waals surface area (Å²) in [4.78, 5) is 25.6. The number of hydrogen-bond donors (Lipinski definition) is 1. The van der Waals surface area contributed by atoms with Crippen LogP contribution < -0.4 is 4.74 Å². The van der Waals surface area contributed by atoms with Crippen LogP contribution in [0, 0.1) is 12.8 Å². The largest absolute Gasteiger partial charge is 0.497 e. The minimum Gasteiger partial charge on any atom is -0.497 e. The lowest BCUT2D eigenvalue weighted by Crippen LogP contribution is -2.29. The number of carbonyl (C=O) groups excluding carboxylic acids is 1. The number of carbonyl (C=O) groups is 2. The lowest BCUT2D eigenvalue weighted by atomic mass is 9.98. The fourth-order valence-electron chi connectivity index (χ4n) is 3.47. The van der Waals surface area contributed by atoms with Crippen molar-refractivity contribution in [3.05, 3.63) is 64.7 Å². The molecule has 2 aromatic rings. The third-order valence-electron chi connectivity index (χ3n) is 4.96. The van der Waals surface area contributed by atoms with Gasteiger partial charge in [-0.05, 0) is 67.1 Å². The summed E-state index contributed by atoms with van der Waals surface area (Å²) in [6.45, 7) is 3.40. The molecule has 136 valence electrons. The van der Waals surface area contributed by atoms with Gasteiger partial charge in [0.1, 0.15) is 5.75 Å². The number of rotatable bonds is 5. The smallest absolute Gasteiger partial charge is 0.335 e. The summed E-state index contributed by atoms with van der Waals surface area (Å²) in [5.41, 5.74) is 3.04. The first-order valence-electron chi connectivity index (χ1n) is 8.74. The van der Waals surface area contributed by atoms with Crippen LogP contribution in [0.2, 0.25) is 0 Å². The Labute approximate surface area is 153 Å². The molecule has 5 heteroatoms. The van der Waals surface area contributed by atoms with Gasteiger partial charge in [-0.3, -0.25) is 4.79 Å². The SMILES string of the molecule is COc1ccc(C(=O)N2CC[C@@H](Cc3ccc(C(=O)O)cc3)C2)c(C)c1. The molecule has 1 aliphatic rings. The van der Waals surface area contributed by atoms with Crippen LogP contribution in [-0.4, -0.2) is 42.1 Å². The third-order valence-corrected chi connectivity index (χ3v) is 4.96. The highest BCUT2D eigenvalue weighted by atomic mass is 16.5. The highest BCUT2D eigenvalue weighted by Gasteiger charge is 2.27. The van der Waals surface area contributed by atoms with Gasteiger partial charge in [0.25, 0.3) is 5.91 Å². The number of aryl methyl sites for hydroxylation is 1. The lowest BCUT2D eigenvalue weighted by molar-refractivity contribution is 0.0696. The van der Waals surface area contributed by atoms with Gasteiger partial charge >= 0.3 is 5.97 Å². The van der Waals surface area contributed by atoms with Gasteiger partial charge in [0.15, 0.2) is 0 Å². The van der Waals surface area contributed by atoms with Crippen LogP contribution in [0.4, 0.5) is 0 Å². The van der Waals surface area contributed by atoms with Crippen molar-refractivity contribution in [2.75, 3.05) is 20.2 Å². The molecular weight excluding hydrogens is 330 g/mol. The summed E-state index contributed by atoms with van der Waals surface area (Å²) in [6, 6.07) is 12.5. The first-order chi connectivity index (χ1) is 12.5. The Morgan fingerprint density at radius 2 is 1.92 bits per heavy atom. The number of nitrogens with zero attached hydrogens (tertiary/aromatic N) is 1. The van der Waals surface area contributed by atoms with Gasteiger partial charge in [0, 0.05) is 18.7 Å². The molecule has 1 atom stereocenters. The van der Waals surface area contributed by atoms with E-state index in [1.165, 1.54) is 0 Å². The predicted octanol–water partition coefficient (Wildman–Crippen LogP) is 3.41. The molecule has 1 saturated heterocycles. The van der Waals surface area contributed by atoms with Crippen LogP contribution in [0.25, 0.3) is 0 Å². The molecule has 0 aromatic heterocycles. The fraction of sp³-hybridized carbons (Fsp3) is 0.333. The van der Waals surface area contributed by atoms with Crippen LogP contribution >= 0.6 is 0 Å². The average Bonchev–Trinajstić information content (AvgIpc) is 3.10. The van der Waals surface area contributed by atoms with Crippen molar-refractivity contribution in [2.24, 2.45) is 5.92 Å². The normalized spacial score (nSPS) is 16.5. The highest BCUT2D eigenvalue weighted by Crippen LogP contribution is 2.25. The molecule has 0 radical (unpaired) electrons. The van der Waals surface area contributed by atoms with Gasteiger partial charge in [-0.25, -0.2) is 4.79 Å². The summed E-state index contributed by atoms with van der Waals surface area (Å²) >= 11 is 0. The minimum absolute atomic E-state index is 0.0638. The molecule has 0 unspecified atom stereocenters.